The van der Waals surface area contributed by atoms with Crippen LogP contribution in [0.2, 0.25) is 0 Å². The Morgan fingerprint density at radius 3 is 2.50 bits per heavy atom. The summed E-state index contributed by atoms with van der Waals surface area (Å²) in [5.74, 6) is 0.0358. The van der Waals surface area contributed by atoms with E-state index in [2.05, 4.69) is 10.5 Å². The zero-order chi connectivity index (χ0) is 21.9. The predicted molar refractivity (Wildman–Crippen MR) is 121 cm³/mol. The molecule has 2 rings (SSSR count). The Balaban J connectivity index is 2.05. The number of aliphatic carboxylic acids is 1. The average molecular weight is 526 g/mol. The summed E-state index contributed by atoms with van der Waals surface area (Å²) in [6, 6.07) is 10.2. The van der Waals surface area contributed by atoms with Gasteiger partial charge in [0.25, 0.3) is 5.91 Å². The van der Waals surface area contributed by atoms with Gasteiger partial charge in [-0.15, -0.1) is 0 Å². The molecule has 9 heteroatoms. The van der Waals surface area contributed by atoms with Crippen LogP contribution in [0.15, 0.2) is 41.5 Å². The fraction of sp³-hybridized carbons (Fsp3) is 0.286. The van der Waals surface area contributed by atoms with Crippen LogP contribution >= 0.6 is 22.6 Å². The normalized spacial score (nSPS) is 10.6. The quantitative estimate of drug-likeness (QED) is 0.263. The van der Waals surface area contributed by atoms with E-state index in [1.165, 1.54) is 6.21 Å². The van der Waals surface area contributed by atoms with E-state index in [0.717, 1.165) is 6.42 Å². The van der Waals surface area contributed by atoms with Crippen molar-refractivity contribution in [2.75, 3.05) is 19.8 Å². The van der Waals surface area contributed by atoms with Crippen LogP contribution in [0, 0.1) is 3.57 Å². The van der Waals surface area contributed by atoms with Crippen LogP contribution in [0.4, 0.5) is 0 Å². The van der Waals surface area contributed by atoms with Gasteiger partial charge in [-0.2, -0.15) is 5.10 Å². The Morgan fingerprint density at radius 2 is 1.87 bits per heavy atom. The number of nitrogens with one attached hydrogen (secondary N) is 1. The van der Waals surface area contributed by atoms with E-state index in [4.69, 9.17) is 19.3 Å². The van der Waals surface area contributed by atoms with Gasteiger partial charge in [-0.05, 0) is 77.9 Å². The minimum Gasteiger partial charge on any atom is -0.494 e. The molecule has 0 saturated carbocycles. The van der Waals surface area contributed by atoms with E-state index in [1.54, 1.807) is 36.4 Å². The number of amides is 1. The summed E-state index contributed by atoms with van der Waals surface area (Å²) in [5, 5.41) is 12.8. The third kappa shape index (κ3) is 7.21. The highest BCUT2D eigenvalue weighted by atomic mass is 127. The Labute approximate surface area is 188 Å². The Morgan fingerprint density at radius 1 is 1.13 bits per heavy atom. The number of rotatable bonds is 11. The largest absolute Gasteiger partial charge is 0.494 e. The first kappa shape index (κ1) is 23.5. The summed E-state index contributed by atoms with van der Waals surface area (Å²) in [6.07, 6.45) is 2.38. The second-order valence-corrected chi connectivity index (χ2v) is 7.18. The molecule has 0 unspecified atom stereocenters. The highest BCUT2D eigenvalue weighted by Crippen LogP contribution is 2.33. The first-order chi connectivity index (χ1) is 14.4. The Kier molecular flexibility index (Phi) is 9.39. The van der Waals surface area contributed by atoms with Crippen LogP contribution < -0.4 is 19.6 Å². The number of hydrogen-bond donors (Lipinski definition) is 2. The number of hydrogen-bond acceptors (Lipinski definition) is 6. The molecule has 0 atom stereocenters. The lowest BCUT2D eigenvalue weighted by molar-refractivity contribution is -0.139. The van der Waals surface area contributed by atoms with E-state index in [-0.39, 0.29) is 5.91 Å². The number of halogens is 1. The molecule has 160 valence electrons. The van der Waals surface area contributed by atoms with Crippen molar-refractivity contribution in [3.8, 4) is 17.2 Å². The van der Waals surface area contributed by atoms with Gasteiger partial charge in [0.1, 0.15) is 5.75 Å². The summed E-state index contributed by atoms with van der Waals surface area (Å²) in [6.45, 7) is 4.37. The van der Waals surface area contributed by atoms with Crippen molar-refractivity contribution < 1.29 is 28.9 Å². The zero-order valence-corrected chi connectivity index (χ0v) is 18.8. The fourth-order valence-corrected chi connectivity index (χ4v) is 3.13. The molecule has 2 N–H and O–H groups in total. The zero-order valence-electron chi connectivity index (χ0n) is 16.7. The number of carboxylic acids is 1. The van der Waals surface area contributed by atoms with Gasteiger partial charge >= 0.3 is 5.97 Å². The van der Waals surface area contributed by atoms with Gasteiger partial charge in [-0.3, -0.25) is 4.79 Å². The minimum atomic E-state index is -1.08. The molecule has 1 amide bonds. The van der Waals surface area contributed by atoms with Crippen molar-refractivity contribution >= 4 is 40.7 Å². The standard InChI is InChI=1S/C21H23IN2O6/c1-3-9-29-16-7-5-15(6-8-16)21(27)24-23-12-14-10-17(22)20(30-13-19(25)26)18(11-14)28-4-2/h5-8,10-12H,3-4,9,13H2,1-2H3,(H,24,27)(H,25,26)/b23-12-. The van der Waals surface area contributed by atoms with E-state index < -0.39 is 12.6 Å². The van der Waals surface area contributed by atoms with Gasteiger partial charge in [0.05, 0.1) is 23.0 Å². The lowest BCUT2D eigenvalue weighted by Gasteiger charge is -2.13. The topological polar surface area (TPSA) is 106 Å². The van der Waals surface area contributed by atoms with Crippen molar-refractivity contribution in [2.45, 2.75) is 20.3 Å². The van der Waals surface area contributed by atoms with Gasteiger partial charge in [0.15, 0.2) is 18.1 Å². The number of carbonyl (C=O) groups is 2. The number of nitrogens with zero attached hydrogens (tertiary/aromatic N) is 1. The average Bonchev–Trinajstić information content (AvgIpc) is 2.72. The number of carboxylic acid groups (broad SMARTS) is 1. The van der Waals surface area contributed by atoms with Crippen molar-refractivity contribution in [3.63, 3.8) is 0 Å². The molecule has 8 nitrogen and oxygen atoms in total. The van der Waals surface area contributed by atoms with Crippen LogP contribution in [-0.2, 0) is 4.79 Å². The van der Waals surface area contributed by atoms with Gasteiger partial charge < -0.3 is 19.3 Å². The van der Waals surface area contributed by atoms with Gasteiger partial charge in [0, 0.05) is 5.56 Å². The fourth-order valence-electron chi connectivity index (χ4n) is 2.35. The lowest BCUT2D eigenvalue weighted by atomic mass is 10.2. The van der Waals surface area contributed by atoms with Crippen LogP contribution in [0.1, 0.15) is 36.2 Å². The van der Waals surface area contributed by atoms with Crippen LogP contribution in [0.25, 0.3) is 0 Å². The Hall–Kier alpha value is -2.82. The number of carbonyl (C=O) groups excluding carboxylic acids is 1. The number of hydrazone groups is 1. The third-order valence-electron chi connectivity index (χ3n) is 3.64. The summed E-state index contributed by atoms with van der Waals surface area (Å²) in [4.78, 5) is 23.0. The van der Waals surface area contributed by atoms with Crippen LogP contribution in [0.3, 0.4) is 0 Å². The smallest absolute Gasteiger partial charge is 0.341 e. The molecule has 2 aromatic rings. The molecule has 0 radical (unpaired) electrons. The maximum absolute atomic E-state index is 12.2. The molecule has 0 fully saturated rings. The summed E-state index contributed by atoms with van der Waals surface area (Å²) >= 11 is 2.03. The van der Waals surface area contributed by atoms with E-state index in [9.17, 15) is 9.59 Å². The molecule has 0 aliphatic rings. The first-order valence-corrected chi connectivity index (χ1v) is 10.4. The molecule has 0 spiro atoms. The van der Waals surface area contributed by atoms with Crippen molar-refractivity contribution in [1.82, 2.24) is 5.43 Å². The number of benzene rings is 2. The maximum atomic E-state index is 12.2. The molecular weight excluding hydrogens is 503 g/mol. The van der Waals surface area contributed by atoms with E-state index in [0.29, 0.717) is 45.2 Å². The predicted octanol–water partition coefficient (Wildman–Crippen LogP) is 3.71. The third-order valence-corrected chi connectivity index (χ3v) is 4.44. The number of ether oxygens (including phenoxy) is 3. The minimum absolute atomic E-state index is 0.352. The van der Waals surface area contributed by atoms with Crippen molar-refractivity contribution in [1.29, 1.82) is 0 Å². The molecular formula is C21H23IN2O6. The molecule has 0 heterocycles. The molecule has 0 saturated heterocycles. The monoisotopic (exact) mass is 526 g/mol. The molecule has 0 aliphatic heterocycles. The maximum Gasteiger partial charge on any atom is 0.341 e. The van der Waals surface area contributed by atoms with E-state index >= 15 is 0 Å². The summed E-state index contributed by atoms with van der Waals surface area (Å²) < 4.78 is 17.0. The molecule has 0 aliphatic carbocycles. The molecule has 0 bridgehead atoms. The first-order valence-electron chi connectivity index (χ1n) is 9.31. The van der Waals surface area contributed by atoms with Crippen LogP contribution in [-0.4, -0.2) is 43.0 Å². The second-order valence-electron chi connectivity index (χ2n) is 6.02. The van der Waals surface area contributed by atoms with Gasteiger partial charge in [-0.1, -0.05) is 6.92 Å². The van der Waals surface area contributed by atoms with Gasteiger partial charge in [0.2, 0.25) is 0 Å². The molecule has 0 aromatic heterocycles. The lowest BCUT2D eigenvalue weighted by Crippen LogP contribution is -2.17. The summed E-state index contributed by atoms with van der Waals surface area (Å²) in [7, 11) is 0. The Bertz CT molecular complexity index is 899. The van der Waals surface area contributed by atoms with Crippen molar-refractivity contribution in [2.24, 2.45) is 5.10 Å². The van der Waals surface area contributed by atoms with Crippen LogP contribution in [0.5, 0.6) is 17.2 Å². The van der Waals surface area contributed by atoms with Crippen molar-refractivity contribution in [3.05, 3.63) is 51.1 Å². The second kappa shape index (κ2) is 12.0. The SMILES string of the molecule is CCCOc1ccc(C(=O)N/N=C\c2cc(I)c(OCC(=O)O)c(OCC)c2)cc1. The highest BCUT2D eigenvalue weighted by molar-refractivity contribution is 14.1. The molecule has 30 heavy (non-hydrogen) atoms. The summed E-state index contributed by atoms with van der Waals surface area (Å²) in [5.41, 5.74) is 3.59. The molecule has 2 aromatic carbocycles. The highest BCUT2D eigenvalue weighted by Gasteiger charge is 2.13. The van der Waals surface area contributed by atoms with Gasteiger partial charge in [-0.25, -0.2) is 10.2 Å². The van der Waals surface area contributed by atoms with E-state index in [1.807, 2.05) is 36.4 Å².